The zero-order valence-electron chi connectivity index (χ0n) is 54.1. The highest BCUT2D eigenvalue weighted by molar-refractivity contribution is 5.76. The number of aliphatic hydroxyl groups excluding tert-OH is 2. The Morgan fingerprint density at radius 1 is 0.338 bits per heavy atom. The largest absolute Gasteiger partial charge is 0.466 e. The Bertz CT molecular complexity index is 1300. The van der Waals surface area contributed by atoms with Crippen LogP contribution in [0.5, 0.6) is 0 Å². The van der Waals surface area contributed by atoms with E-state index in [2.05, 4.69) is 43.5 Å². The van der Waals surface area contributed by atoms with Crippen molar-refractivity contribution in [3.8, 4) is 0 Å². The number of carbonyl (C=O) groups is 2. The van der Waals surface area contributed by atoms with Gasteiger partial charge in [-0.25, -0.2) is 0 Å². The van der Waals surface area contributed by atoms with Crippen LogP contribution in [0.1, 0.15) is 399 Å². The first kappa shape index (κ1) is 78.1. The van der Waals surface area contributed by atoms with Crippen LogP contribution in [-0.4, -0.2) is 47.4 Å². The van der Waals surface area contributed by atoms with Crippen molar-refractivity contribution in [3.63, 3.8) is 0 Å². The van der Waals surface area contributed by atoms with Crippen molar-refractivity contribution in [2.24, 2.45) is 0 Å². The molecule has 3 N–H and O–H groups in total. The van der Waals surface area contributed by atoms with Gasteiger partial charge in [-0.1, -0.05) is 339 Å². The van der Waals surface area contributed by atoms with Gasteiger partial charge in [0.25, 0.3) is 0 Å². The molecule has 0 aromatic heterocycles. The van der Waals surface area contributed by atoms with Crippen molar-refractivity contribution in [1.29, 1.82) is 0 Å². The van der Waals surface area contributed by atoms with Crippen LogP contribution in [0.2, 0.25) is 0 Å². The zero-order chi connectivity index (χ0) is 57.8. The molecule has 6 nitrogen and oxygen atoms in total. The SMILES string of the molecule is CCCCCCCCC/C=C\CCCCCCCCCC(=O)OCCCCCCCCCCCCCCCC/C=C\CCCCCCCCCCCCCCCCCCCC(=O)NC(CO)C(O)/C=C/CCCCCCCCCC. The maximum atomic E-state index is 12.4. The molecule has 0 aromatic carbocycles. The molecule has 2 atom stereocenters. The Kier molecular flexibility index (Phi) is 67.9. The van der Waals surface area contributed by atoms with Gasteiger partial charge in [0.05, 0.1) is 25.4 Å². The normalized spacial score (nSPS) is 12.7. The molecule has 0 fully saturated rings. The standard InChI is InChI=1S/C74H141NO5/c1-3-5-7-9-11-13-15-16-17-18-39-42-45-48-52-56-60-64-68-74(79)80-69-65-61-57-53-49-46-43-40-37-35-33-31-29-27-25-23-21-19-20-22-24-26-28-30-32-34-36-38-41-44-47-51-55-59-63-67-73(78)75-71(70-76)72(77)66-62-58-54-50-14-12-10-8-6-4-2/h17-18,21,23,62,66,71-72,76-77H,3-16,19-20,22,24-61,63-65,67-70H2,1-2H3,(H,75,78)/b18-17-,23-21-,66-62+. The molecular formula is C74H141NO5. The number of allylic oxidation sites excluding steroid dienone is 5. The highest BCUT2D eigenvalue weighted by atomic mass is 16.5. The lowest BCUT2D eigenvalue weighted by molar-refractivity contribution is -0.143. The van der Waals surface area contributed by atoms with Crippen molar-refractivity contribution in [2.75, 3.05) is 13.2 Å². The number of hydrogen-bond acceptors (Lipinski definition) is 5. The molecular weight excluding hydrogens is 983 g/mol. The number of ether oxygens (including phenoxy) is 1. The lowest BCUT2D eigenvalue weighted by atomic mass is 10.0. The van der Waals surface area contributed by atoms with E-state index in [0.29, 0.717) is 19.4 Å². The van der Waals surface area contributed by atoms with Crippen LogP contribution in [0, 0.1) is 0 Å². The molecule has 0 aliphatic rings. The van der Waals surface area contributed by atoms with Crippen LogP contribution < -0.4 is 5.32 Å². The van der Waals surface area contributed by atoms with Crippen molar-refractivity contribution in [3.05, 3.63) is 36.5 Å². The Balaban J connectivity index is 3.32. The average Bonchev–Trinajstić information content (AvgIpc) is 3.46. The molecule has 6 heteroatoms. The van der Waals surface area contributed by atoms with Crippen LogP contribution in [0.25, 0.3) is 0 Å². The molecule has 0 aliphatic heterocycles. The lowest BCUT2D eigenvalue weighted by Gasteiger charge is -2.20. The molecule has 0 heterocycles. The predicted molar refractivity (Wildman–Crippen MR) is 352 cm³/mol. The molecule has 0 aromatic rings. The van der Waals surface area contributed by atoms with Gasteiger partial charge in [-0.2, -0.15) is 0 Å². The third-order valence-electron chi connectivity index (χ3n) is 16.9. The van der Waals surface area contributed by atoms with E-state index in [1.165, 1.54) is 327 Å². The molecule has 2 unspecified atom stereocenters. The van der Waals surface area contributed by atoms with Gasteiger partial charge in [0.15, 0.2) is 0 Å². The molecule has 0 rings (SSSR count). The third kappa shape index (κ3) is 65.2. The Labute approximate surface area is 500 Å². The van der Waals surface area contributed by atoms with Gasteiger partial charge in [-0.15, -0.1) is 0 Å². The summed E-state index contributed by atoms with van der Waals surface area (Å²) < 4.78 is 5.51. The van der Waals surface area contributed by atoms with Gasteiger partial charge in [0, 0.05) is 12.8 Å². The summed E-state index contributed by atoms with van der Waals surface area (Å²) in [6, 6.07) is -0.623. The Hall–Kier alpha value is -1.92. The Morgan fingerprint density at radius 3 is 0.887 bits per heavy atom. The van der Waals surface area contributed by atoms with Crippen LogP contribution in [-0.2, 0) is 14.3 Å². The van der Waals surface area contributed by atoms with E-state index >= 15 is 0 Å². The van der Waals surface area contributed by atoms with E-state index in [9.17, 15) is 19.8 Å². The topological polar surface area (TPSA) is 95.9 Å². The maximum Gasteiger partial charge on any atom is 0.305 e. The number of hydrogen-bond donors (Lipinski definition) is 3. The minimum atomic E-state index is -0.840. The van der Waals surface area contributed by atoms with Crippen molar-refractivity contribution in [2.45, 2.75) is 411 Å². The van der Waals surface area contributed by atoms with Gasteiger partial charge in [0.1, 0.15) is 0 Å². The molecule has 0 saturated heterocycles. The molecule has 0 saturated carbocycles. The molecule has 0 aliphatic carbocycles. The maximum absolute atomic E-state index is 12.4. The van der Waals surface area contributed by atoms with E-state index in [1.54, 1.807) is 6.08 Å². The number of aliphatic hydroxyl groups is 2. The summed E-state index contributed by atoms with van der Waals surface area (Å²) in [4.78, 5) is 24.5. The van der Waals surface area contributed by atoms with Gasteiger partial charge in [-0.05, 0) is 83.5 Å². The molecule has 0 bridgehead atoms. The summed E-state index contributed by atoms with van der Waals surface area (Å²) in [7, 11) is 0. The number of unbranched alkanes of at least 4 members (excludes halogenated alkanes) is 53. The first-order chi connectivity index (χ1) is 39.5. The summed E-state index contributed by atoms with van der Waals surface area (Å²) in [5.41, 5.74) is 0. The minimum Gasteiger partial charge on any atom is -0.466 e. The average molecular weight is 1120 g/mol. The predicted octanol–water partition coefficient (Wildman–Crippen LogP) is 23.5. The molecule has 0 radical (unpaired) electrons. The molecule has 472 valence electrons. The monoisotopic (exact) mass is 1120 g/mol. The number of esters is 1. The first-order valence-electron chi connectivity index (χ1n) is 36.3. The number of amides is 1. The minimum absolute atomic E-state index is 0.0174. The second kappa shape index (κ2) is 69.6. The molecule has 0 spiro atoms. The number of rotatable bonds is 68. The fraction of sp³-hybridized carbons (Fsp3) is 0.892. The van der Waals surface area contributed by atoms with E-state index in [4.69, 9.17) is 4.74 Å². The van der Waals surface area contributed by atoms with E-state index in [-0.39, 0.29) is 18.5 Å². The van der Waals surface area contributed by atoms with Crippen LogP contribution in [0.15, 0.2) is 36.5 Å². The summed E-state index contributed by atoms with van der Waals surface area (Å²) in [6.45, 7) is 4.91. The fourth-order valence-corrected chi connectivity index (χ4v) is 11.3. The van der Waals surface area contributed by atoms with E-state index in [0.717, 1.165) is 44.9 Å². The zero-order valence-corrected chi connectivity index (χ0v) is 54.1. The lowest BCUT2D eigenvalue weighted by Crippen LogP contribution is -2.45. The van der Waals surface area contributed by atoms with Crippen molar-refractivity contribution >= 4 is 11.9 Å². The van der Waals surface area contributed by atoms with Crippen molar-refractivity contribution < 1.29 is 24.5 Å². The smallest absolute Gasteiger partial charge is 0.305 e. The molecule has 1 amide bonds. The van der Waals surface area contributed by atoms with Crippen LogP contribution in [0.3, 0.4) is 0 Å². The summed E-state index contributed by atoms with van der Waals surface area (Å²) in [5, 5.41) is 23.0. The highest BCUT2D eigenvalue weighted by Crippen LogP contribution is 2.18. The van der Waals surface area contributed by atoms with E-state index in [1.807, 2.05) is 6.08 Å². The Morgan fingerprint density at radius 2 is 0.588 bits per heavy atom. The van der Waals surface area contributed by atoms with Crippen molar-refractivity contribution in [1.82, 2.24) is 5.32 Å². The first-order valence-corrected chi connectivity index (χ1v) is 36.3. The van der Waals surface area contributed by atoms with Crippen LogP contribution >= 0.6 is 0 Å². The molecule has 80 heavy (non-hydrogen) atoms. The number of nitrogens with one attached hydrogen (secondary N) is 1. The second-order valence-electron chi connectivity index (χ2n) is 24.9. The summed E-state index contributed by atoms with van der Waals surface area (Å²) in [5.74, 6) is -0.0475. The third-order valence-corrected chi connectivity index (χ3v) is 16.9. The summed E-state index contributed by atoms with van der Waals surface area (Å²) >= 11 is 0. The number of carbonyl (C=O) groups excluding carboxylic acids is 2. The quantitative estimate of drug-likeness (QED) is 0.0320. The van der Waals surface area contributed by atoms with E-state index < -0.39 is 12.1 Å². The van der Waals surface area contributed by atoms with Gasteiger partial charge < -0.3 is 20.3 Å². The van der Waals surface area contributed by atoms with Gasteiger partial charge in [0.2, 0.25) is 5.91 Å². The summed E-state index contributed by atoms with van der Waals surface area (Å²) in [6.07, 6.45) is 89.7. The van der Waals surface area contributed by atoms with Gasteiger partial charge >= 0.3 is 5.97 Å². The van der Waals surface area contributed by atoms with Gasteiger partial charge in [-0.3, -0.25) is 9.59 Å². The van der Waals surface area contributed by atoms with Crippen LogP contribution in [0.4, 0.5) is 0 Å². The fourth-order valence-electron chi connectivity index (χ4n) is 11.3. The second-order valence-corrected chi connectivity index (χ2v) is 24.9. The highest BCUT2D eigenvalue weighted by Gasteiger charge is 2.18.